The second-order valence-electron chi connectivity index (χ2n) is 6.80. The number of hydrogen-bond acceptors (Lipinski definition) is 8. The summed E-state index contributed by atoms with van der Waals surface area (Å²) in [6, 6.07) is 12.7. The molecule has 2 fully saturated rings. The Balaban J connectivity index is 1.56. The van der Waals surface area contributed by atoms with Gasteiger partial charge in [0.25, 0.3) is 0 Å². The van der Waals surface area contributed by atoms with Gasteiger partial charge in [0.2, 0.25) is 0 Å². The summed E-state index contributed by atoms with van der Waals surface area (Å²) in [5.74, 6) is 0.232. The Morgan fingerprint density at radius 1 is 0.786 bits per heavy atom. The third-order valence-corrected chi connectivity index (χ3v) is 4.88. The van der Waals surface area contributed by atoms with Crippen LogP contribution in [-0.2, 0) is 18.9 Å². The molecule has 2 aromatic rings. The van der Waals surface area contributed by atoms with E-state index in [1.807, 2.05) is 0 Å². The third-order valence-electron chi connectivity index (χ3n) is 4.88. The summed E-state index contributed by atoms with van der Waals surface area (Å²) in [5, 5.41) is 39.4. The summed E-state index contributed by atoms with van der Waals surface area (Å²) in [6.07, 6.45) is -5.08. The maximum Gasteiger partial charge on any atom is 0.184 e. The van der Waals surface area contributed by atoms with Gasteiger partial charge in [0.15, 0.2) is 12.6 Å². The van der Waals surface area contributed by atoms with E-state index < -0.39 is 43.6 Å². The quantitative estimate of drug-likeness (QED) is 0.620. The van der Waals surface area contributed by atoms with Crippen LogP contribution in [0.15, 0.2) is 48.5 Å². The summed E-state index contributed by atoms with van der Waals surface area (Å²) in [7, 11) is 0. The van der Waals surface area contributed by atoms with Gasteiger partial charge in [-0.1, -0.05) is 24.3 Å². The van der Waals surface area contributed by atoms with E-state index in [1.54, 1.807) is 24.3 Å². The molecule has 0 bridgehead atoms. The van der Waals surface area contributed by atoms with Crippen LogP contribution < -0.4 is 0 Å². The van der Waals surface area contributed by atoms with Gasteiger partial charge in [0.1, 0.15) is 35.9 Å². The van der Waals surface area contributed by atoms with Crippen LogP contribution in [0, 0.1) is 0 Å². The van der Waals surface area contributed by atoms with E-state index in [4.69, 9.17) is 18.9 Å². The Kier molecular flexibility index (Phi) is 5.49. The van der Waals surface area contributed by atoms with Gasteiger partial charge in [-0.2, -0.15) is 0 Å². The molecule has 4 N–H and O–H groups in total. The molecule has 2 aliphatic rings. The van der Waals surface area contributed by atoms with Gasteiger partial charge >= 0.3 is 0 Å². The van der Waals surface area contributed by atoms with Crippen molar-refractivity contribution < 1.29 is 39.4 Å². The minimum absolute atomic E-state index is 0.107. The Bertz CT molecular complexity index is 778. The summed E-state index contributed by atoms with van der Waals surface area (Å²) >= 11 is 0. The molecule has 4 rings (SSSR count). The fourth-order valence-corrected chi connectivity index (χ4v) is 3.35. The van der Waals surface area contributed by atoms with Crippen molar-refractivity contribution in [1.82, 2.24) is 0 Å². The molecule has 8 heteroatoms. The summed E-state index contributed by atoms with van der Waals surface area (Å²) in [6.45, 7) is -0.278. The molecule has 0 saturated carbocycles. The Morgan fingerprint density at radius 2 is 1.36 bits per heavy atom. The largest absolute Gasteiger partial charge is 0.508 e. The van der Waals surface area contributed by atoms with Crippen molar-refractivity contribution in [3.63, 3.8) is 0 Å². The molecule has 2 heterocycles. The van der Waals surface area contributed by atoms with Gasteiger partial charge in [-0.3, -0.25) is 0 Å². The number of benzene rings is 2. The molecular formula is C20H22O8. The Hall–Kier alpha value is -2.20. The molecule has 0 aliphatic carbocycles. The topological polar surface area (TPSA) is 118 Å². The first-order valence-corrected chi connectivity index (χ1v) is 9.00. The van der Waals surface area contributed by atoms with Crippen LogP contribution in [-0.4, -0.2) is 58.1 Å². The number of ether oxygens (including phenoxy) is 4. The molecule has 2 aliphatic heterocycles. The monoisotopic (exact) mass is 390 g/mol. The van der Waals surface area contributed by atoms with Crippen LogP contribution in [0.4, 0.5) is 0 Å². The number of rotatable bonds is 3. The normalized spacial score (nSPS) is 33.1. The summed E-state index contributed by atoms with van der Waals surface area (Å²) in [4.78, 5) is 0. The van der Waals surface area contributed by atoms with Crippen molar-refractivity contribution in [2.75, 3.05) is 13.2 Å². The first-order valence-electron chi connectivity index (χ1n) is 9.00. The maximum atomic E-state index is 10.7. The second kappa shape index (κ2) is 8.04. The minimum Gasteiger partial charge on any atom is -0.508 e. The molecular weight excluding hydrogens is 368 g/mol. The first kappa shape index (κ1) is 19.1. The smallest absolute Gasteiger partial charge is 0.184 e. The second-order valence-corrected chi connectivity index (χ2v) is 6.80. The lowest BCUT2D eigenvalue weighted by Crippen LogP contribution is -2.51. The van der Waals surface area contributed by atoms with Gasteiger partial charge in [-0.05, 0) is 24.3 Å². The lowest BCUT2D eigenvalue weighted by Gasteiger charge is -2.37. The number of fused-ring (bicyclic) bond motifs is 1. The predicted octanol–water partition coefficient (Wildman–Crippen LogP) is 1.35. The number of phenolic OH excluding ortho intramolecular Hbond substituents is 2. The van der Waals surface area contributed by atoms with Crippen LogP contribution >= 0.6 is 0 Å². The SMILES string of the molecule is OC[C@H]1OC(c2ccc(O)cc2)O[C@H]2COC(c3ccc(O)cc3)O[C@H]2[C@@H]1O. The van der Waals surface area contributed by atoms with Crippen molar-refractivity contribution in [3.05, 3.63) is 59.7 Å². The van der Waals surface area contributed by atoms with E-state index in [1.165, 1.54) is 24.3 Å². The Labute approximate surface area is 161 Å². The van der Waals surface area contributed by atoms with Crippen molar-refractivity contribution in [1.29, 1.82) is 0 Å². The molecule has 150 valence electrons. The lowest BCUT2D eigenvalue weighted by molar-refractivity contribution is -0.289. The molecule has 6 atom stereocenters. The molecule has 0 amide bonds. The van der Waals surface area contributed by atoms with Crippen LogP contribution in [0.2, 0.25) is 0 Å². The van der Waals surface area contributed by atoms with E-state index in [0.717, 1.165) is 0 Å². The van der Waals surface area contributed by atoms with Crippen LogP contribution in [0.25, 0.3) is 0 Å². The number of hydrogen-bond donors (Lipinski definition) is 4. The minimum atomic E-state index is -1.14. The third kappa shape index (κ3) is 3.83. The zero-order valence-electron chi connectivity index (χ0n) is 14.9. The number of aliphatic hydroxyl groups is 2. The van der Waals surface area contributed by atoms with E-state index >= 15 is 0 Å². The average molecular weight is 390 g/mol. The first-order chi connectivity index (χ1) is 13.5. The number of aliphatic hydroxyl groups excluding tert-OH is 2. The van der Waals surface area contributed by atoms with Crippen molar-refractivity contribution in [2.24, 2.45) is 0 Å². The molecule has 2 aromatic carbocycles. The molecule has 28 heavy (non-hydrogen) atoms. The van der Waals surface area contributed by atoms with Crippen LogP contribution in [0.5, 0.6) is 11.5 Å². The predicted molar refractivity (Wildman–Crippen MR) is 95.4 cm³/mol. The van der Waals surface area contributed by atoms with Crippen molar-refractivity contribution in [2.45, 2.75) is 37.0 Å². The van der Waals surface area contributed by atoms with E-state index in [-0.39, 0.29) is 18.1 Å². The molecule has 0 aromatic heterocycles. The van der Waals surface area contributed by atoms with Crippen molar-refractivity contribution in [3.8, 4) is 11.5 Å². The van der Waals surface area contributed by atoms with E-state index in [9.17, 15) is 20.4 Å². The maximum absolute atomic E-state index is 10.7. The average Bonchev–Trinajstić information content (AvgIpc) is 2.85. The van der Waals surface area contributed by atoms with Gasteiger partial charge in [-0.15, -0.1) is 0 Å². The molecule has 2 unspecified atom stereocenters. The number of phenols is 2. The highest BCUT2D eigenvalue weighted by atomic mass is 16.8. The van der Waals surface area contributed by atoms with Gasteiger partial charge < -0.3 is 39.4 Å². The fraction of sp³-hybridized carbons (Fsp3) is 0.400. The van der Waals surface area contributed by atoms with Crippen LogP contribution in [0.3, 0.4) is 0 Å². The molecule has 0 radical (unpaired) electrons. The highest BCUT2D eigenvalue weighted by Gasteiger charge is 2.46. The molecule has 0 spiro atoms. The highest BCUT2D eigenvalue weighted by Crippen LogP contribution is 2.37. The highest BCUT2D eigenvalue weighted by molar-refractivity contribution is 5.28. The van der Waals surface area contributed by atoms with Crippen LogP contribution in [0.1, 0.15) is 23.7 Å². The zero-order chi connectivity index (χ0) is 19.7. The zero-order valence-corrected chi connectivity index (χ0v) is 14.9. The summed E-state index contributed by atoms with van der Waals surface area (Å²) in [5.41, 5.74) is 1.31. The number of aromatic hydroxyl groups is 2. The summed E-state index contributed by atoms with van der Waals surface area (Å²) < 4.78 is 23.4. The fourth-order valence-electron chi connectivity index (χ4n) is 3.35. The van der Waals surface area contributed by atoms with E-state index in [2.05, 4.69) is 0 Å². The standard InChI is InChI=1S/C20H22O8/c21-9-15-17(24)18-16(27-20(26-15)12-3-7-14(23)8-4-12)10-25-19(28-18)11-1-5-13(22)6-2-11/h1-8,15-24H,9-10H2/t15-,16+,17-,18-,19?,20?/m1/s1. The Morgan fingerprint density at radius 3 is 1.93 bits per heavy atom. The van der Waals surface area contributed by atoms with E-state index in [0.29, 0.717) is 11.1 Å². The van der Waals surface area contributed by atoms with Crippen molar-refractivity contribution >= 4 is 0 Å². The van der Waals surface area contributed by atoms with Gasteiger partial charge in [-0.25, -0.2) is 0 Å². The lowest BCUT2D eigenvalue weighted by atomic mass is 10.0. The van der Waals surface area contributed by atoms with Gasteiger partial charge in [0, 0.05) is 11.1 Å². The van der Waals surface area contributed by atoms with Gasteiger partial charge in [0.05, 0.1) is 13.2 Å². The molecule has 8 nitrogen and oxygen atoms in total. The molecule has 2 saturated heterocycles.